The summed E-state index contributed by atoms with van der Waals surface area (Å²) < 4.78 is 12.2. The number of hydrogen-bond acceptors (Lipinski definition) is 2. The number of aromatic nitrogens is 3. The molecule has 3 heterocycles. The largest absolute Gasteiger partial charge is 0.457 e. The first kappa shape index (κ1) is 37.5. The number of para-hydroxylation sites is 6. The highest BCUT2D eigenvalue weighted by molar-refractivity contribution is 7.20. The van der Waals surface area contributed by atoms with Crippen molar-refractivity contribution in [3.05, 3.63) is 187 Å². The zero-order valence-corrected chi connectivity index (χ0v) is 38.3. The second kappa shape index (κ2) is 15.1. The lowest BCUT2D eigenvalue weighted by Crippen LogP contribution is -2.75. The topological polar surface area (TPSA) is 31.5 Å². The first-order valence-corrected chi connectivity index (χ1v) is 26.8. The molecule has 0 spiro atoms. The van der Waals surface area contributed by atoms with E-state index in [-0.39, 0.29) is 4.66 Å². The van der Waals surface area contributed by atoms with E-state index >= 15 is 0 Å². The molecule has 0 unspecified atom stereocenters. The van der Waals surface area contributed by atoms with Crippen molar-refractivity contribution < 1.29 is 4.74 Å². The maximum absolute atomic E-state index is 7.46. The molecular weight excluding hydrogens is 767 g/mol. The first-order valence-electron chi connectivity index (χ1n) is 21.4. The third-order valence-corrected chi connectivity index (χ3v) is 25.9. The molecule has 1 aliphatic rings. The summed E-state index contributed by atoms with van der Waals surface area (Å²) in [6, 6.07) is 68.3. The molecule has 59 heavy (non-hydrogen) atoms. The molecule has 0 amide bonds. The molecule has 0 aliphatic carbocycles. The van der Waals surface area contributed by atoms with Crippen LogP contribution < -0.4 is 25.5 Å². The van der Waals surface area contributed by atoms with Gasteiger partial charge in [-0.2, -0.15) is 0 Å². The van der Waals surface area contributed by atoms with E-state index in [1.807, 2.05) is 0 Å². The van der Waals surface area contributed by atoms with Gasteiger partial charge in [-0.15, -0.1) is 0 Å². The Hall–Kier alpha value is -5.74. The van der Waals surface area contributed by atoms with Gasteiger partial charge in [-0.1, -0.05) is 173 Å². The van der Waals surface area contributed by atoms with Crippen molar-refractivity contribution in [1.82, 2.24) is 14.0 Å². The van der Waals surface area contributed by atoms with E-state index in [2.05, 4.69) is 213 Å². The zero-order chi connectivity index (χ0) is 40.1. The van der Waals surface area contributed by atoms with Crippen LogP contribution in [0.5, 0.6) is 11.5 Å². The summed E-state index contributed by atoms with van der Waals surface area (Å²) in [5, 5.41) is 5.34. The normalized spacial score (nSPS) is 15.6. The van der Waals surface area contributed by atoms with Crippen molar-refractivity contribution >= 4 is 75.7 Å². The van der Waals surface area contributed by atoms with E-state index in [0.717, 1.165) is 45.0 Å². The van der Waals surface area contributed by atoms with Gasteiger partial charge in [0.15, 0.2) is 8.07 Å². The van der Waals surface area contributed by atoms with Gasteiger partial charge in [0.05, 0.1) is 22.1 Å². The Morgan fingerprint density at radius 2 is 1.12 bits per heavy atom. The Labute approximate surface area is 353 Å². The average molecular weight is 818 g/mol. The van der Waals surface area contributed by atoms with Crippen LogP contribution in [0.25, 0.3) is 33.5 Å². The standard InChI is InChI=1S/C52H51N3OSi3/c1-36(2)34-57-52(58-35-37(3)4)42-25-11-16-31-48(42)56-50-43(52)26-18-32-49(50)59(39-20-7-5-8-21-39,40-22-9-6-10-23-40)41-24-17-19-38(33-41)54-46-29-14-15-30-47(46)55-45-28-13-12-27-44(45)53-51(54)55/h5-33,36-37H,34-35,57-58H2,1-4H3. The predicted octanol–water partition coefficient (Wildman–Crippen LogP) is 8.60. The Kier molecular flexibility index (Phi) is 9.62. The van der Waals surface area contributed by atoms with E-state index in [1.165, 1.54) is 44.0 Å². The Balaban J connectivity index is 1.29. The molecule has 7 heteroatoms. The highest BCUT2D eigenvalue weighted by Gasteiger charge is 2.49. The molecule has 0 radical (unpaired) electrons. The van der Waals surface area contributed by atoms with Crippen LogP contribution in [-0.4, -0.2) is 41.1 Å². The molecule has 0 bridgehead atoms. The number of hydrogen-bond donors (Lipinski definition) is 0. The van der Waals surface area contributed by atoms with E-state index in [4.69, 9.17) is 9.72 Å². The van der Waals surface area contributed by atoms with Gasteiger partial charge >= 0.3 is 0 Å². The third-order valence-electron chi connectivity index (χ3n) is 12.9. The fourth-order valence-corrected chi connectivity index (χ4v) is 21.6. The summed E-state index contributed by atoms with van der Waals surface area (Å²) in [7, 11) is -4.30. The number of imidazole rings is 2. The molecule has 2 aromatic heterocycles. The van der Waals surface area contributed by atoms with Crippen molar-refractivity contribution in [3.63, 3.8) is 0 Å². The van der Waals surface area contributed by atoms with Crippen LogP contribution in [-0.2, 0) is 4.66 Å². The SMILES string of the molecule is CC(C)C[SiH2]C1([SiH2]CC(C)C)c2ccccc2Oc2c1cccc2[Si](c1ccccc1)(c1ccccc1)c1cccc(-n2c3ccccc3n3c4ccccc4nc23)c1. The third kappa shape index (κ3) is 6.09. The van der Waals surface area contributed by atoms with Crippen LogP contribution in [0.4, 0.5) is 0 Å². The Morgan fingerprint density at radius 3 is 1.81 bits per heavy atom. The van der Waals surface area contributed by atoms with E-state index in [0.29, 0.717) is 11.8 Å². The molecule has 0 atom stereocenters. The van der Waals surface area contributed by atoms with Crippen molar-refractivity contribution in [2.45, 2.75) is 44.4 Å². The van der Waals surface area contributed by atoms with E-state index in [1.54, 1.807) is 0 Å². The number of benzene rings is 7. The minimum atomic E-state index is -3.10. The molecule has 10 rings (SSSR count). The second-order valence-electron chi connectivity index (χ2n) is 17.3. The number of nitrogens with zero attached hydrogens (tertiary/aromatic N) is 3. The zero-order valence-electron chi connectivity index (χ0n) is 34.5. The lowest BCUT2D eigenvalue weighted by molar-refractivity contribution is 0.454. The van der Waals surface area contributed by atoms with Crippen LogP contribution in [0, 0.1) is 11.8 Å². The lowest BCUT2D eigenvalue weighted by atomic mass is 9.98. The first-order chi connectivity index (χ1) is 28.9. The minimum absolute atomic E-state index is 0.0996. The minimum Gasteiger partial charge on any atom is -0.457 e. The maximum atomic E-state index is 7.46. The molecule has 7 aromatic carbocycles. The summed E-state index contributed by atoms with van der Waals surface area (Å²) in [5.74, 6) is 4.43. The fraction of sp³-hybridized carbons (Fsp3) is 0.173. The fourth-order valence-electron chi connectivity index (χ4n) is 10.1. The summed E-state index contributed by atoms with van der Waals surface area (Å²) in [6.07, 6.45) is 0. The highest BCUT2D eigenvalue weighted by atomic mass is 28.3. The van der Waals surface area contributed by atoms with Gasteiger partial charge in [0.1, 0.15) is 11.5 Å². The molecule has 1 aliphatic heterocycles. The average Bonchev–Trinajstić information content (AvgIpc) is 3.81. The summed E-state index contributed by atoms with van der Waals surface area (Å²) in [5.41, 5.74) is 8.40. The molecule has 9 aromatic rings. The van der Waals surface area contributed by atoms with Gasteiger partial charge < -0.3 is 4.74 Å². The van der Waals surface area contributed by atoms with Gasteiger partial charge in [0.2, 0.25) is 5.78 Å². The van der Waals surface area contributed by atoms with Crippen molar-refractivity contribution in [3.8, 4) is 17.2 Å². The van der Waals surface area contributed by atoms with Gasteiger partial charge in [-0.3, -0.25) is 8.97 Å². The summed E-state index contributed by atoms with van der Waals surface area (Å²) in [4.78, 5) is 5.27. The number of ether oxygens (including phenoxy) is 1. The quantitative estimate of drug-likeness (QED) is 0.0968. The van der Waals surface area contributed by atoms with Gasteiger partial charge in [0.25, 0.3) is 0 Å². The van der Waals surface area contributed by atoms with Crippen LogP contribution in [0.1, 0.15) is 38.8 Å². The molecule has 4 nitrogen and oxygen atoms in total. The number of rotatable bonds is 11. The molecule has 292 valence electrons. The maximum Gasteiger partial charge on any atom is 0.220 e. The second-order valence-corrected chi connectivity index (χ2v) is 26.7. The van der Waals surface area contributed by atoms with Crippen LogP contribution in [0.3, 0.4) is 0 Å². The monoisotopic (exact) mass is 817 g/mol. The highest BCUT2D eigenvalue weighted by Crippen LogP contribution is 2.48. The molecular formula is C52H51N3OSi3. The number of fused-ring (bicyclic) bond motifs is 7. The van der Waals surface area contributed by atoms with E-state index < -0.39 is 27.1 Å². The smallest absolute Gasteiger partial charge is 0.220 e. The van der Waals surface area contributed by atoms with Gasteiger partial charge in [0, 0.05) is 29.4 Å². The summed E-state index contributed by atoms with van der Waals surface area (Å²) in [6.45, 7) is 9.65. The van der Waals surface area contributed by atoms with Crippen LogP contribution >= 0.6 is 0 Å². The molecule has 0 saturated heterocycles. The van der Waals surface area contributed by atoms with Gasteiger partial charge in [-0.25, -0.2) is 4.98 Å². The Bertz CT molecular complexity index is 2900. The van der Waals surface area contributed by atoms with Crippen LogP contribution in [0.15, 0.2) is 176 Å². The lowest BCUT2D eigenvalue weighted by Gasteiger charge is -2.44. The van der Waals surface area contributed by atoms with Gasteiger partial charge in [-0.05, 0) is 86.2 Å². The van der Waals surface area contributed by atoms with Crippen molar-refractivity contribution in [2.24, 2.45) is 11.8 Å². The molecule has 0 N–H and O–H groups in total. The van der Waals surface area contributed by atoms with Crippen LogP contribution in [0.2, 0.25) is 12.1 Å². The molecule has 0 fully saturated rings. The predicted molar refractivity (Wildman–Crippen MR) is 257 cm³/mol. The molecule has 0 saturated carbocycles. The summed E-state index contributed by atoms with van der Waals surface area (Å²) >= 11 is 0. The van der Waals surface area contributed by atoms with E-state index in [9.17, 15) is 0 Å². The van der Waals surface area contributed by atoms with Crippen molar-refractivity contribution in [2.75, 3.05) is 0 Å². The Morgan fingerprint density at radius 1 is 0.559 bits per heavy atom. The van der Waals surface area contributed by atoms with Crippen molar-refractivity contribution in [1.29, 1.82) is 0 Å².